The van der Waals surface area contributed by atoms with Crippen LogP contribution >= 0.6 is 0 Å². The number of benzene rings is 2. The molecule has 140 valence electrons. The van der Waals surface area contributed by atoms with Gasteiger partial charge in [0.05, 0.1) is 29.3 Å². The van der Waals surface area contributed by atoms with Crippen LogP contribution in [0.1, 0.15) is 5.56 Å². The van der Waals surface area contributed by atoms with Gasteiger partial charge in [0.2, 0.25) is 9.84 Å². The number of anilines is 1. The molecule has 1 aromatic heterocycles. The Bertz CT molecular complexity index is 1090. The number of aromatic nitrogens is 1. The quantitative estimate of drug-likeness (QED) is 0.691. The summed E-state index contributed by atoms with van der Waals surface area (Å²) < 4.78 is 46.0. The topological polar surface area (TPSA) is 59.5 Å². The summed E-state index contributed by atoms with van der Waals surface area (Å²) in [4.78, 5) is 6.51. The molecule has 0 aliphatic carbocycles. The summed E-state index contributed by atoms with van der Waals surface area (Å²) in [6.07, 6.45) is 1.38. The highest BCUT2D eigenvalue weighted by Gasteiger charge is 2.27. The van der Waals surface area contributed by atoms with Crippen LogP contribution in [0.5, 0.6) is 0 Å². The number of rotatable bonds is 3. The normalized spacial score (nSPS) is 15.3. The van der Waals surface area contributed by atoms with Gasteiger partial charge in [-0.25, -0.2) is 12.8 Å². The lowest BCUT2D eigenvalue weighted by atomic mass is 10.1. The number of sulfone groups is 1. The molecule has 0 atom stereocenters. The monoisotopic (exact) mass is 386 g/mol. The fourth-order valence-corrected chi connectivity index (χ4v) is 4.72. The molecular weight excluding hydrogens is 367 g/mol. The summed E-state index contributed by atoms with van der Waals surface area (Å²) in [7, 11) is -3.81. The van der Waals surface area contributed by atoms with E-state index >= 15 is 0 Å². The maximum atomic E-state index is 14.0. The fraction of sp³-hybridized carbons (Fsp3) is 0.250. The molecule has 1 fully saturated rings. The molecule has 7 heteroatoms. The standard InChI is InChI=1S/C20H19FN2O3S/c1-14-2-5-16(6-3-14)27(24,25)19-13-22-18-7-4-15(21)12-17(18)20(19)23-8-10-26-11-9-23/h2-7,12-13H,8-11H2,1H3. The smallest absolute Gasteiger partial charge is 0.210 e. The van der Waals surface area contributed by atoms with Crippen LogP contribution in [-0.2, 0) is 14.6 Å². The average Bonchev–Trinajstić information content (AvgIpc) is 2.68. The molecular formula is C20H19FN2O3S. The van der Waals surface area contributed by atoms with Crippen molar-refractivity contribution >= 4 is 26.4 Å². The van der Waals surface area contributed by atoms with Crippen molar-refractivity contribution in [1.29, 1.82) is 0 Å². The van der Waals surface area contributed by atoms with Crippen LogP contribution in [0.4, 0.5) is 10.1 Å². The summed E-state index contributed by atoms with van der Waals surface area (Å²) >= 11 is 0. The predicted molar refractivity (Wildman–Crippen MR) is 101 cm³/mol. The fourth-order valence-electron chi connectivity index (χ4n) is 3.29. The van der Waals surface area contributed by atoms with Gasteiger partial charge in [-0.15, -0.1) is 0 Å². The average molecular weight is 386 g/mol. The molecule has 1 saturated heterocycles. The number of pyridine rings is 1. The number of fused-ring (bicyclic) bond motifs is 1. The van der Waals surface area contributed by atoms with Gasteiger partial charge in [0.1, 0.15) is 10.7 Å². The first-order valence-electron chi connectivity index (χ1n) is 8.69. The Morgan fingerprint density at radius 1 is 1.07 bits per heavy atom. The number of hydrogen-bond acceptors (Lipinski definition) is 5. The van der Waals surface area contributed by atoms with Crippen LogP contribution < -0.4 is 4.90 Å². The minimum atomic E-state index is -3.81. The van der Waals surface area contributed by atoms with Crippen molar-refractivity contribution in [3.63, 3.8) is 0 Å². The Morgan fingerprint density at radius 2 is 1.78 bits per heavy atom. The number of aryl methyl sites for hydroxylation is 1. The summed E-state index contributed by atoms with van der Waals surface area (Å²) in [5.41, 5.74) is 2.02. The van der Waals surface area contributed by atoms with Gasteiger partial charge in [-0.05, 0) is 37.3 Å². The van der Waals surface area contributed by atoms with Gasteiger partial charge >= 0.3 is 0 Å². The number of halogens is 1. The van der Waals surface area contributed by atoms with Gasteiger partial charge in [0, 0.05) is 24.7 Å². The van der Waals surface area contributed by atoms with E-state index in [1.807, 2.05) is 11.8 Å². The molecule has 1 aliphatic heterocycles. The number of ether oxygens (including phenoxy) is 1. The molecule has 2 aromatic carbocycles. The van der Waals surface area contributed by atoms with Gasteiger partial charge in [-0.2, -0.15) is 0 Å². The number of nitrogens with zero attached hydrogens (tertiary/aromatic N) is 2. The van der Waals surface area contributed by atoms with Crippen molar-refractivity contribution in [3.05, 3.63) is 60.0 Å². The van der Waals surface area contributed by atoms with Crippen molar-refractivity contribution in [3.8, 4) is 0 Å². The van der Waals surface area contributed by atoms with Crippen LogP contribution in [0.15, 0.2) is 58.5 Å². The number of morpholine rings is 1. The molecule has 0 bridgehead atoms. The lowest BCUT2D eigenvalue weighted by Crippen LogP contribution is -2.37. The maximum Gasteiger partial charge on any atom is 0.210 e. The summed E-state index contributed by atoms with van der Waals surface area (Å²) in [6, 6.07) is 10.9. The SMILES string of the molecule is Cc1ccc(S(=O)(=O)c2cnc3ccc(F)cc3c2N2CCOCC2)cc1. The molecule has 0 N–H and O–H groups in total. The van der Waals surface area contributed by atoms with Gasteiger partial charge < -0.3 is 9.64 Å². The van der Waals surface area contributed by atoms with E-state index in [0.29, 0.717) is 42.9 Å². The molecule has 0 radical (unpaired) electrons. The minimum absolute atomic E-state index is 0.0892. The van der Waals surface area contributed by atoms with E-state index in [1.54, 1.807) is 30.3 Å². The number of hydrogen-bond donors (Lipinski definition) is 0. The van der Waals surface area contributed by atoms with Gasteiger partial charge in [-0.3, -0.25) is 4.98 Å². The lowest BCUT2D eigenvalue weighted by Gasteiger charge is -2.31. The first-order valence-corrected chi connectivity index (χ1v) is 10.2. The van der Waals surface area contributed by atoms with Crippen molar-refractivity contribution < 1.29 is 17.5 Å². The molecule has 5 nitrogen and oxygen atoms in total. The molecule has 0 unspecified atom stereocenters. The molecule has 1 aliphatic rings. The molecule has 2 heterocycles. The van der Waals surface area contributed by atoms with E-state index in [9.17, 15) is 12.8 Å². The van der Waals surface area contributed by atoms with Crippen LogP contribution in [0, 0.1) is 12.7 Å². The second-order valence-electron chi connectivity index (χ2n) is 6.55. The van der Waals surface area contributed by atoms with E-state index in [2.05, 4.69) is 4.98 Å². The van der Waals surface area contributed by atoms with Crippen LogP contribution in [0.25, 0.3) is 10.9 Å². The van der Waals surface area contributed by atoms with Crippen LogP contribution in [0.3, 0.4) is 0 Å². The maximum absolute atomic E-state index is 14.0. The first-order chi connectivity index (χ1) is 13.0. The van der Waals surface area contributed by atoms with E-state index in [0.717, 1.165) is 5.56 Å². The zero-order valence-corrected chi connectivity index (χ0v) is 15.7. The van der Waals surface area contributed by atoms with E-state index < -0.39 is 15.7 Å². The lowest BCUT2D eigenvalue weighted by molar-refractivity contribution is 0.122. The zero-order chi connectivity index (χ0) is 19.0. The van der Waals surface area contributed by atoms with Gasteiger partial charge in [-0.1, -0.05) is 17.7 Å². The third-order valence-corrected chi connectivity index (χ3v) is 6.49. The first kappa shape index (κ1) is 17.9. The molecule has 3 aromatic rings. The van der Waals surface area contributed by atoms with Crippen LogP contribution in [0.2, 0.25) is 0 Å². The van der Waals surface area contributed by atoms with E-state index in [4.69, 9.17) is 4.74 Å². The van der Waals surface area contributed by atoms with Crippen molar-refractivity contribution in [1.82, 2.24) is 4.98 Å². The Labute approximate surface area is 157 Å². The molecule has 4 rings (SSSR count). The van der Waals surface area contributed by atoms with Crippen LogP contribution in [-0.4, -0.2) is 39.7 Å². The summed E-state index contributed by atoms with van der Waals surface area (Å²) in [5, 5.41) is 0.491. The Hall–Kier alpha value is -2.51. The Morgan fingerprint density at radius 3 is 2.48 bits per heavy atom. The molecule has 27 heavy (non-hydrogen) atoms. The zero-order valence-electron chi connectivity index (χ0n) is 14.9. The Balaban J connectivity index is 1.98. The highest BCUT2D eigenvalue weighted by atomic mass is 32.2. The Kier molecular flexibility index (Phi) is 4.57. The second-order valence-corrected chi connectivity index (χ2v) is 8.47. The third kappa shape index (κ3) is 3.28. The van der Waals surface area contributed by atoms with Gasteiger partial charge in [0.15, 0.2) is 0 Å². The third-order valence-electron chi connectivity index (χ3n) is 4.72. The molecule has 0 spiro atoms. The van der Waals surface area contributed by atoms with Crippen molar-refractivity contribution in [2.75, 3.05) is 31.2 Å². The van der Waals surface area contributed by atoms with Gasteiger partial charge in [0.25, 0.3) is 0 Å². The minimum Gasteiger partial charge on any atom is -0.378 e. The molecule has 0 saturated carbocycles. The summed E-state index contributed by atoms with van der Waals surface area (Å²) in [6.45, 7) is 3.94. The van der Waals surface area contributed by atoms with Crippen molar-refractivity contribution in [2.24, 2.45) is 0 Å². The predicted octanol–water partition coefficient (Wildman–Crippen LogP) is 3.35. The van der Waals surface area contributed by atoms with Crippen molar-refractivity contribution in [2.45, 2.75) is 16.7 Å². The largest absolute Gasteiger partial charge is 0.378 e. The summed E-state index contributed by atoms with van der Waals surface area (Å²) in [5.74, 6) is -0.427. The van der Waals surface area contributed by atoms with E-state index in [1.165, 1.54) is 18.3 Å². The highest BCUT2D eigenvalue weighted by molar-refractivity contribution is 7.91. The molecule has 0 amide bonds. The second kappa shape index (κ2) is 6.90. The highest BCUT2D eigenvalue weighted by Crippen LogP contribution is 2.36. The van der Waals surface area contributed by atoms with E-state index in [-0.39, 0.29) is 9.79 Å².